The average Bonchev–Trinajstić information content (AvgIpc) is 2.56. The van der Waals surface area contributed by atoms with Crippen molar-refractivity contribution in [2.24, 2.45) is 0 Å². The Bertz CT molecular complexity index is 745. The van der Waals surface area contributed by atoms with Gasteiger partial charge in [-0.3, -0.25) is 4.79 Å². The molecular formula is C17H16BrNO5. The maximum absolute atomic E-state index is 12.1. The number of rotatable bonds is 5. The van der Waals surface area contributed by atoms with Crippen molar-refractivity contribution in [2.75, 3.05) is 12.4 Å². The minimum Gasteiger partial charge on any atom is -0.507 e. The Morgan fingerprint density at radius 2 is 1.83 bits per heavy atom. The number of anilines is 1. The molecule has 24 heavy (non-hydrogen) atoms. The molecule has 0 aromatic heterocycles. The van der Waals surface area contributed by atoms with Crippen LogP contribution in [0.25, 0.3) is 0 Å². The van der Waals surface area contributed by atoms with Gasteiger partial charge in [0.2, 0.25) is 0 Å². The predicted octanol–water partition coefficient (Wildman–Crippen LogP) is 3.35. The fourth-order valence-corrected chi connectivity index (χ4v) is 2.13. The Labute approximate surface area is 147 Å². The number of benzene rings is 2. The van der Waals surface area contributed by atoms with E-state index >= 15 is 0 Å². The number of methoxy groups -OCH3 is 1. The first-order valence-corrected chi connectivity index (χ1v) is 7.84. The Morgan fingerprint density at radius 3 is 2.42 bits per heavy atom. The lowest BCUT2D eigenvalue weighted by Gasteiger charge is -2.14. The van der Waals surface area contributed by atoms with Crippen LogP contribution < -0.4 is 10.1 Å². The summed E-state index contributed by atoms with van der Waals surface area (Å²) >= 11 is 3.30. The van der Waals surface area contributed by atoms with Crippen LogP contribution in [-0.2, 0) is 9.53 Å². The van der Waals surface area contributed by atoms with Crippen LogP contribution in [-0.4, -0.2) is 30.2 Å². The normalized spacial score (nSPS) is 11.5. The molecule has 2 rings (SSSR count). The van der Waals surface area contributed by atoms with Crippen molar-refractivity contribution in [3.8, 4) is 11.5 Å². The molecule has 0 spiro atoms. The van der Waals surface area contributed by atoms with Gasteiger partial charge >= 0.3 is 5.97 Å². The first-order valence-electron chi connectivity index (χ1n) is 7.05. The summed E-state index contributed by atoms with van der Waals surface area (Å²) in [5.74, 6) is -1.14. The van der Waals surface area contributed by atoms with Gasteiger partial charge < -0.3 is 19.9 Å². The van der Waals surface area contributed by atoms with E-state index in [-0.39, 0.29) is 11.3 Å². The maximum Gasteiger partial charge on any atom is 0.342 e. The van der Waals surface area contributed by atoms with Crippen molar-refractivity contribution in [3.63, 3.8) is 0 Å². The largest absolute Gasteiger partial charge is 0.507 e. The number of nitrogens with one attached hydrogen (secondary N) is 1. The summed E-state index contributed by atoms with van der Waals surface area (Å²) in [6.07, 6.45) is -1.03. The fourth-order valence-electron chi connectivity index (χ4n) is 1.87. The van der Waals surface area contributed by atoms with Gasteiger partial charge in [0.15, 0.2) is 6.10 Å². The molecule has 0 saturated carbocycles. The van der Waals surface area contributed by atoms with Gasteiger partial charge in [-0.2, -0.15) is 0 Å². The summed E-state index contributed by atoms with van der Waals surface area (Å²) in [5, 5.41) is 12.5. The molecule has 0 radical (unpaired) electrons. The van der Waals surface area contributed by atoms with Crippen LogP contribution >= 0.6 is 15.9 Å². The highest BCUT2D eigenvalue weighted by Crippen LogP contribution is 2.24. The van der Waals surface area contributed by atoms with Gasteiger partial charge in [-0.15, -0.1) is 0 Å². The van der Waals surface area contributed by atoms with Crippen LogP contribution in [0.2, 0.25) is 0 Å². The summed E-state index contributed by atoms with van der Waals surface area (Å²) in [6, 6.07) is 11.2. The number of halogens is 1. The second-order valence-corrected chi connectivity index (χ2v) is 5.84. The van der Waals surface area contributed by atoms with Crippen molar-refractivity contribution >= 4 is 33.5 Å². The van der Waals surface area contributed by atoms with Crippen molar-refractivity contribution in [1.29, 1.82) is 0 Å². The predicted molar refractivity (Wildman–Crippen MR) is 92.3 cm³/mol. The molecule has 0 aliphatic rings. The van der Waals surface area contributed by atoms with Crippen LogP contribution in [0.15, 0.2) is 46.9 Å². The van der Waals surface area contributed by atoms with E-state index in [0.29, 0.717) is 11.4 Å². The zero-order valence-corrected chi connectivity index (χ0v) is 14.7. The monoisotopic (exact) mass is 393 g/mol. The molecule has 0 aliphatic heterocycles. The number of hydrogen-bond acceptors (Lipinski definition) is 5. The number of carbonyl (C=O) groups excluding carboxylic acids is 2. The first kappa shape index (κ1) is 17.8. The fraction of sp³-hybridized carbons (Fsp3) is 0.176. The second kappa shape index (κ2) is 7.83. The van der Waals surface area contributed by atoms with Gasteiger partial charge in [-0.25, -0.2) is 4.79 Å². The zero-order chi connectivity index (χ0) is 17.7. The highest BCUT2D eigenvalue weighted by Gasteiger charge is 2.21. The van der Waals surface area contributed by atoms with Crippen LogP contribution in [0.3, 0.4) is 0 Å². The van der Waals surface area contributed by atoms with E-state index in [2.05, 4.69) is 21.2 Å². The Kier molecular flexibility index (Phi) is 5.81. The number of amides is 1. The Morgan fingerprint density at radius 1 is 1.17 bits per heavy atom. The van der Waals surface area contributed by atoms with Gasteiger partial charge in [0.05, 0.1) is 7.11 Å². The second-order valence-electron chi connectivity index (χ2n) is 4.93. The lowest BCUT2D eigenvalue weighted by Crippen LogP contribution is -2.30. The minimum atomic E-state index is -1.03. The number of ether oxygens (including phenoxy) is 2. The minimum absolute atomic E-state index is 0.0425. The molecule has 0 aliphatic carbocycles. The summed E-state index contributed by atoms with van der Waals surface area (Å²) in [5.41, 5.74) is 0.539. The molecule has 0 bridgehead atoms. The Hall–Kier alpha value is -2.54. The van der Waals surface area contributed by atoms with Gasteiger partial charge in [0, 0.05) is 16.2 Å². The zero-order valence-electron chi connectivity index (χ0n) is 13.1. The molecule has 0 heterocycles. The van der Waals surface area contributed by atoms with Gasteiger partial charge in [-0.05, 0) is 43.3 Å². The number of hydrogen-bond donors (Lipinski definition) is 2. The third-order valence-corrected chi connectivity index (χ3v) is 3.72. The number of phenolic OH excluding ortho intramolecular Hbond substituents is 1. The van der Waals surface area contributed by atoms with Crippen molar-refractivity contribution in [2.45, 2.75) is 13.0 Å². The lowest BCUT2D eigenvalue weighted by molar-refractivity contribution is -0.123. The molecular weight excluding hydrogens is 378 g/mol. The van der Waals surface area contributed by atoms with E-state index in [4.69, 9.17) is 9.47 Å². The molecule has 6 nitrogen and oxygen atoms in total. The van der Waals surface area contributed by atoms with E-state index in [0.717, 1.165) is 4.47 Å². The Balaban J connectivity index is 2.00. The van der Waals surface area contributed by atoms with E-state index in [1.807, 2.05) is 0 Å². The first-order chi connectivity index (χ1) is 11.4. The SMILES string of the molecule is COc1ccc(C(=O)O[C@H](C)C(=O)Nc2ccc(Br)cc2)c(O)c1. The smallest absolute Gasteiger partial charge is 0.342 e. The third-order valence-electron chi connectivity index (χ3n) is 3.19. The highest BCUT2D eigenvalue weighted by atomic mass is 79.9. The molecule has 1 amide bonds. The van der Waals surface area contributed by atoms with Gasteiger partial charge in [0.25, 0.3) is 5.91 Å². The summed E-state index contributed by atoms with van der Waals surface area (Å²) in [4.78, 5) is 24.1. The number of aromatic hydroxyl groups is 1. The van der Waals surface area contributed by atoms with Gasteiger partial charge in [-0.1, -0.05) is 15.9 Å². The number of esters is 1. The molecule has 2 N–H and O–H groups in total. The molecule has 2 aromatic rings. The number of phenols is 1. The van der Waals surface area contributed by atoms with Gasteiger partial charge in [0.1, 0.15) is 17.1 Å². The molecule has 7 heteroatoms. The summed E-state index contributed by atoms with van der Waals surface area (Å²) in [7, 11) is 1.45. The average molecular weight is 394 g/mol. The molecule has 0 unspecified atom stereocenters. The number of carbonyl (C=O) groups is 2. The van der Waals surface area contributed by atoms with Crippen LogP contribution in [0.5, 0.6) is 11.5 Å². The summed E-state index contributed by atoms with van der Waals surface area (Å²) in [6.45, 7) is 1.45. The third kappa shape index (κ3) is 4.48. The van der Waals surface area contributed by atoms with Crippen LogP contribution in [0.4, 0.5) is 5.69 Å². The van der Waals surface area contributed by atoms with E-state index in [1.165, 1.54) is 32.2 Å². The van der Waals surface area contributed by atoms with Crippen LogP contribution in [0, 0.1) is 0 Å². The van der Waals surface area contributed by atoms with E-state index < -0.39 is 18.0 Å². The quantitative estimate of drug-likeness (QED) is 0.760. The standard InChI is InChI=1S/C17H16BrNO5/c1-10(16(21)19-12-5-3-11(18)4-6-12)24-17(22)14-8-7-13(23-2)9-15(14)20/h3-10,20H,1-2H3,(H,19,21)/t10-/m1/s1. The molecule has 126 valence electrons. The molecule has 1 atom stereocenters. The maximum atomic E-state index is 12.1. The van der Waals surface area contributed by atoms with Crippen molar-refractivity contribution in [1.82, 2.24) is 0 Å². The molecule has 0 saturated heterocycles. The molecule has 0 fully saturated rings. The van der Waals surface area contributed by atoms with E-state index in [1.54, 1.807) is 24.3 Å². The van der Waals surface area contributed by atoms with E-state index in [9.17, 15) is 14.7 Å². The summed E-state index contributed by atoms with van der Waals surface area (Å²) < 4.78 is 10.9. The van der Waals surface area contributed by atoms with Crippen molar-refractivity contribution < 1.29 is 24.2 Å². The molecule has 2 aromatic carbocycles. The van der Waals surface area contributed by atoms with Crippen molar-refractivity contribution in [3.05, 3.63) is 52.5 Å². The lowest BCUT2D eigenvalue weighted by atomic mass is 10.2. The topological polar surface area (TPSA) is 84.9 Å². The van der Waals surface area contributed by atoms with Crippen LogP contribution in [0.1, 0.15) is 17.3 Å². The highest BCUT2D eigenvalue weighted by molar-refractivity contribution is 9.10.